The van der Waals surface area contributed by atoms with E-state index in [0.29, 0.717) is 18.5 Å². The van der Waals surface area contributed by atoms with Crippen LogP contribution in [0.15, 0.2) is 21.6 Å². The quantitative estimate of drug-likeness (QED) is 0.757. The van der Waals surface area contributed by atoms with Crippen LogP contribution in [0, 0.1) is 5.92 Å². The summed E-state index contributed by atoms with van der Waals surface area (Å²) < 4.78 is 16.8. The van der Waals surface area contributed by atoms with Gasteiger partial charge < -0.3 is 9.88 Å². The van der Waals surface area contributed by atoms with Gasteiger partial charge in [0, 0.05) is 64.4 Å². The summed E-state index contributed by atoms with van der Waals surface area (Å²) in [5, 5.41) is 2.32. The molecule has 0 saturated heterocycles. The molecular formula is C21H36N4OS. The lowest BCUT2D eigenvalue weighted by Crippen LogP contribution is -2.39. The number of nitrogens with one attached hydrogen (secondary N) is 1. The van der Waals surface area contributed by atoms with Crippen molar-refractivity contribution in [1.82, 2.24) is 9.88 Å². The third-order valence-corrected chi connectivity index (χ3v) is 7.28. The third-order valence-electron chi connectivity index (χ3n) is 5.38. The van der Waals surface area contributed by atoms with Gasteiger partial charge in [0.2, 0.25) is 0 Å². The van der Waals surface area contributed by atoms with Crippen molar-refractivity contribution in [3.63, 3.8) is 0 Å². The number of nitrogens with zero attached hydrogens (tertiary/aromatic N) is 3. The lowest BCUT2D eigenvalue weighted by molar-refractivity contribution is 0.228. The van der Waals surface area contributed by atoms with E-state index in [-0.39, 0.29) is 0 Å². The fraction of sp³-hybridized carbons (Fsp3) is 0.667. The number of aromatic amines is 1. The number of aromatic nitrogens is 1. The average Bonchev–Trinajstić information content (AvgIpc) is 3.09. The van der Waals surface area contributed by atoms with Crippen LogP contribution >= 0.6 is 0 Å². The van der Waals surface area contributed by atoms with Crippen molar-refractivity contribution < 1.29 is 4.21 Å². The highest BCUT2D eigenvalue weighted by atomic mass is 32.2. The van der Waals surface area contributed by atoms with Gasteiger partial charge in [-0.25, -0.2) is 9.36 Å². The Labute approximate surface area is 164 Å². The maximum atomic E-state index is 12.5. The maximum absolute atomic E-state index is 12.5. The molecule has 0 bridgehead atoms. The Morgan fingerprint density at radius 3 is 2.56 bits per heavy atom. The van der Waals surface area contributed by atoms with E-state index >= 15 is 0 Å². The summed E-state index contributed by atoms with van der Waals surface area (Å²) in [5.74, 6) is 2.29. The topological polar surface area (TPSA) is 60.8 Å². The van der Waals surface area contributed by atoms with E-state index in [2.05, 4.69) is 41.2 Å². The van der Waals surface area contributed by atoms with Gasteiger partial charge in [-0.3, -0.25) is 4.21 Å². The van der Waals surface area contributed by atoms with Gasteiger partial charge in [0.1, 0.15) is 5.82 Å². The van der Waals surface area contributed by atoms with Gasteiger partial charge in [0.15, 0.2) is 0 Å². The van der Waals surface area contributed by atoms with Crippen LogP contribution in [0.3, 0.4) is 0 Å². The van der Waals surface area contributed by atoms with Crippen molar-refractivity contribution in [3.8, 4) is 0 Å². The average molecular weight is 393 g/mol. The Balaban J connectivity index is 2.20. The zero-order valence-electron chi connectivity index (χ0n) is 17.8. The van der Waals surface area contributed by atoms with E-state index in [9.17, 15) is 4.21 Å². The minimum absolute atomic E-state index is 0.468. The molecule has 0 aromatic carbocycles. The van der Waals surface area contributed by atoms with E-state index in [1.165, 1.54) is 5.57 Å². The molecule has 1 fully saturated rings. The van der Waals surface area contributed by atoms with Crippen LogP contribution in [-0.2, 0) is 9.73 Å². The molecule has 1 aliphatic rings. The van der Waals surface area contributed by atoms with Crippen molar-refractivity contribution in [2.45, 2.75) is 59.4 Å². The monoisotopic (exact) mass is 392 g/mol. The van der Waals surface area contributed by atoms with Crippen LogP contribution in [0.25, 0.3) is 11.4 Å². The highest BCUT2D eigenvalue weighted by Crippen LogP contribution is 2.30. The Hall–Kier alpha value is -1.56. The first-order valence-electron chi connectivity index (χ1n) is 10.0. The molecule has 0 aliphatic heterocycles. The lowest BCUT2D eigenvalue weighted by atomic mass is 9.86. The van der Waals surface area contributed by atoms with Gasteiger partial charge >= 0.3 is 0 Å². The molecule has 1 saturated carbocycles. The second-order valence-electron chi connectivity index (χ2n) is 7.83. The number of H-pyrrole nitrogens is 1. The first-order valence-corrected chi connectivity index (χ1v) is 12.1. The van der Waals surface area contributed by atoms with E-state index in [1.807, 2.05) is 32.5 Å². The number of aliphatic imine (C=N–C) groups is 1. The van der Waals surface area contributed by atoms with Crippen LogP contribution in [0.5, 0.6) is 0 Å². The van der Waals surface area contributed by atoms with Crippen LogP contribution in [0.1, 0.15) is 53.4 Å². The van der Waals surface area contributed by atoms with Gasteiger partial charge in [0.05, 0.1) is 0 Å². The van der Waals surface area contributed by atoms with Crippen LogP contribution in [0.2, 0.25) is 0 Å². The zero-order chi connectivity index (χ0) is 20.0. The van der Waals surface area contributed by atoms with Crippen LogP contribution in [0.4, 0.5) is 0 Å². The minimum Gasteiger partial charge on any atom is -0.361 e. The van der Waals surface area contributed by atoms with E-state index in [1.54, 1.807) is 0 Å². The first kappa shape index (κ1) is 21.7. The summed E-state index contributed by atoms with van der Waals surface area (Å²) in [6.45, 7) is 8.82. The molecule has 1 N–H and O–H groups in total. The molecule has 5 nitrogen and oxygen atoms in total. The van der Waals surface area contributed by atoms with E-state index in [4.69, 9.17) is 4.99 Å². The Morgan fingerprint density at radius 1 is 1.33 bits per heavy atom. The Morgan fingerprint density at radius 2 is 2.00 bits per heavy atom. The van der Waals surface area contributed by atoms with Crippen molar-refractivity contribution in [2.24, 2.45) is 15.3 Å². The highest BCUT2D eigenvalue weighted by molar-refractivity contribution is 7.92. The van der Waals surface area contributed by atoms with Crippen molar-refractivity contribution in [1.29, 1.82) is 0 Å². The normalized spacial score (nSPS) is 23.8. The van der Waals surface area contributed by atoms with Gasteiger partial charge in [-0.1, -0.05) is 5.57 Å². The molecule has 0 spiro atoms. The summed E-state index contributed by atoms with van der Waals surface area (Å²) in [7, 11) is 0.138. The van der Waals surface area contributed by atoms with Crippen LogP contribution < -0.4 is 10.6 Å². The SMILES string of the molecule is CC=N/C(=c1/cc[nH]c1=C(C)C)N(C)C1CCC(CS(C)(=O)=NCC)CC1. The molecule has 152 valence electrons. The molecule has 1 aromatic rings. The third kappa shape index (κ3) is 5.71. The molecule has 0 radical (unpaired) electrons. The minimum atomic E-state index is -2.02. The molecule has 1 aliphatic carbocycles. The predicted octanol–water partition coefficient (Wildman–Crippen LogP) is 2.97. The summed E-state index contributed by atoms with van der Waals surface area (Å²) in [6.07, 6.45) is 10.1. The molecule has 0 amide bonds. The summed E-state index contributed by atoms with van der Waals surface area (Å²) in [5.41, 5.74) is 1.26. The second-order valence-corrected chi connectivity index (χ2v) is 10.3. The smallest absolute Gasteiger partial charge is 0.137 e. The number of hydrogen-bond donors (Lipinski definition) is 1. The zero-order valence-corrected chi connectivity index (χ0v) is 18.6. The number of rotatable bonds is 6. The standard InChI is InChI=1S/C21H36N4OS/c1-7-22-21(19-13-14-23-20(19)16(3)4)25(5)18-11-9-17(10-12-18)15-27(6,26)24-8-2/h7,13-14,17-18,23H,8-12,15H2,1-6H3/b21-19+,22-7?. The first-order chi connectivity index (χ1) is 12.8. The Kier molecular flexibility index (Phi) is 7.71. The molecule has 1 unspecified atom stereocenters. The molecule has 6 heteroatoms. The second kappa shape index (κ2) is 9.58. The molecule has 2 rings (SSSR count). The van der Waals surface area contributed by atoms with Gasteiger partial charge in [-0.15, -0.1) is 0 Å². The fourth-order valence-corrected chi connectivity index (χ4v) is 5.94. The summed E-state index contributed by atoms with van der Waals surface area (Å²) >= 11 is 0. The maximum Gasteiger partial charge on any atom is 0.137 e. The van der Waals surface area contributed by atoms with Crippen molar-refractivity contribution >= 4 is 27.3 Å². The van der Waals surface area contributed by atoms with Crippen molar-refractivity contribution in [2.75, 3.05) is 25.6 Å². The van der Waals surface area contributed by atoms with Crippen LogP contribution in [-0.4, -0.2) is 52.0 Å². The summed E-state index contributed by atoms with van der Waals surface area (Å²) in [4.78, 5) is 10.4. The lowest BCUT2D eigenvalue weighted by Gasteiger charge is -2.36. The Bertz CT molecular complexity index is 878. The predicted molar refractivity (Wildman–Crippen MR) is 118 cm³/mol. The molecule has 1 aromatic heterocycles. The van der Waals surface area contributed by atoms with Gasteiger partial charge in [-0.2, -0.15) is 0 Å². The van der Waals surface area contributed by atoms with Gasteiger partial charge in [0.25, 0.3) is 0 Å². The molecule has 1 heterocycles. The highest BCUT2D eigenvalue weighted by Gasteiger charge is 2.26. The fourth-order valence-electron chi connectivity index (χ4n) is 4.08. The largest absolute Gasteiger partial charge is 0.361 e. The summed E-state index contributed by atoms with van der Waals surface area (Å²) in [6, 6.07) is 2.58. The number of hydrogen-bond acceptors (Lipinski definition) is 4. The molecule has 1 atom stereocenters. The van der Waals surface area contributed by atoms with E-state index in [0.717, 1.165) is 47.8 Å². The molecule has 27 heavy (non-hydrogen) atoms. The van der Waals surface area contributed by atoms with Gasteiger partial charge in [-0.05, 0) is 65.4 Å². The van der Waals surface area contributed by atoms with E-state index < -0.39 is 9.73 Å². The van der Waals surface area contributed by atoms with Crippen molar-refractivity contribution in [3.05, 3.63) is 22.8 Å². The molecular weight excluding hydrogens is 356 g/mol.